The summed E-state index contributed by atoms with van der Waals surface area (Å²) in [5.41, 5.74) is 3.56. The van der Waals surface area contributed by atoms with Gasteiger partial charge in [-0.3, -0.25) is 24.3 Å². The molecule has 0 bridgehead atoms. The molecular weight excluding hydrogens is 689 g/mol. The maximum atomic E-state index is 15.8. The standard InChI is InChI=1S/C41H50FN7O5/c1-43-39(51)10-7-30(26-50)45-29-5-8-32(9-6-29)49-19-12-27(13-20-49)40(52)47(3)31-14-17-48(18-15-31)25-36-37(42)21-28(22-38(36)54-4)35-24-46(2)41(53)34-23-44-16-11-33(34)35/h5-6,8-9,11,16,21-24,26-27,30-31,45H,7,10,12-15,17-20,25H2,1-4H3,(H,43,51). The van der Waals surface area contributed by atoms with Crippen molar-refractivity contribution in [3.8, 4) is 16.9 Å². The summed E-state index contributed by atoms with van der Waals surface area (Å²) in [7, 11) is 6.72. The Hall–Kier alpha value is -5.30. The van der Waals surface area contributed by atoms with Gasteiger partial charge in [0.2, 0.25) is 11.8 Å². The molecule has 2 saturated heterocycles. The number of nitrogens with zero attached hydrogens (tertiary/aromatic N) is 5. The Kier molecular flexibility index (Phi) is 12.3. The van der Waals surface area contributed by atoms with Crippen LogP contribution in [0, 0.1) is 11.7 Å². The lowest BCUT2D eigenvalue weighted by atomic mass is 9.93. The first-order valence-corrected chi connectivity index (χ1v) is 18.7. The third-order valence-corrected chi connectivity index (χ3v) is 11.1. The van der Waals surface area contributed by atoms with Crippen LogP contribution in [0.1, 0.15) is 44.1 Å². The molecule has 0 radical (unpaired) electrons. The van der Waals surface area contributed by atoms with Crippen molar-refractivity contribution in [3.05, 3.63) is 82.8 Å². The van der Waals surface area contributed by atoms with E-state index in [9.17, 15) is 19.2 Å². The molecule has 1 atom stereocenters. The number of benzene rings is 2. The van der Waals surface area contributed by atoms with Gasteiger partial charge in [0.25, 0.3) is 5.56 Å². The van der Waals surface area contributed by atoms with Crippen molar-refractivity contribution in [3.63, 3.8) is 0 Å². The summed E-state index contributed by atoms with van der Waals surface area (Å²) in [6, 6.07) is 12.7. The predicted molar refractivity (Wildman–Crippen MR) is 208 cm³/mol. The first-order chi connectivity index (χ1) is 26.1. The minimum Gasteiger partial charge on any atom is -0.496 e. The molecule has 2 fully saturated rings. The molecule has 0 spiro atoms. The zero-order valence-corrected chi connectivity index (χ0v) is 31.5. The number of methoxy groups -OCH3 is 1. The number of piperidine rings is 2. The lowest BCUT2D eigenvalue weighted by molar-refractivity contribution is -0.138. The van der Waals surface area contributed by atoms with Crippen LogP contribution in [0.4, 0.5) is 15.8 Å². The molecule has 2 N–H and O–H groups in total. The molecule has 6 rings (SSSR count). The number of halogens is 1. The summed E-state index contributed by atoms with van der Waals surface area (Å²) in [4.78, 5) is 59.9. The highest BCUT2D eigenvalue weighted by atomic mass is 19.1. The normalized spacial score (nSPS) is 16.2. The van der Waals surface area contributed by atoms with Crippen LogP contribution in [0.2, 0.25) is 0 Å². The van der Waals surface area contributed by atoms with Crippen LogP contribution >= 0.6 is 0 Å². The highest BCUT2D eigenvalue weighted by molar-refractivity contribution is 5.95. The van der Waals surface area contributed by atoms with Crippen LogP contribution < -0.4 is 25.8 Å². The van der Waals surface area contributed by atoms with Crippen LogP contribution in [-0.2, 0) is 28.0 Å². The summed E-state index contributed by atoms with van der Waals surface area (Å²) in [5, 5.41) is 6.94. The van der Waals surface area contributed by atoms with Crippen molar-refractivity contribution < 1.29 is 23.5 Å². The number of ether oxygens (including phenoxy) is 1. The molecule has 2 aromatic heterocycles. The van der Waals surface area contributed by atoms with Gasteiger partial charge in [-0.2, -0.15) is 0 Å². The molecule has 54 heavy (non-hydrogen) atoms. The van der Waals surface area contributed by atoms with Gasteiger partial charge in [0.15, 0.2) is 0 Å². The molecule has 13 heteroatoms. The molecule has 0 aliphatic carbocycles. The van der Waals surface area contributed by atoms with Gasteiger partial charge in [-0.1, -0.05) is 0 Å². The Morgan fingerprint density at radius 3 is 2.44 bits per heavy atom. The number of aldehydes is 1. The number of hydrogen-bond donors (Lipinski definition) is 2. The zero-order valence-electron chi connectivity index (χ0n) is 31.5. The average molecular weight is 740 g/mol. The van der Waals surface area contributed by atoms with Crippen LogP contribution in [0.15, 0.2) is 65.8 Å². The number of carbonyl (C=O) groups is 3. The van der Waals surface area contributed by atoms with Crippen LogP contribution in [0.5, 0.6) is 5.75 Å². The summed E-state index contributed by atoms with van der Waals surface area (Å²) in [5.74, 6) is 0.149. The van der Waals surface area contributed by atoms with E-state index in [1.54, 1.807) is 39.7 Å². The number of carbonyl (C=O) groups excluding carboxylic acids is 3. The lowest BCUT2D eigenvalue weighted by Gasteiger charge is -2.40. The largest absolute Gasteiger partial charge is 0.496 e. The maximum Gasteiger partial charge on any atom is 0.259 e. The average Bonchev–Trinajstić information content (AvgIpc) is 3.21. The first-order valence-electron chi connectivity index (χ1n) is 18.7. The number of rotatable bonds is 13. The Balaban J connectivity index is 0.999. The third kappa shape index (κ3) is 8.57. The number of likely N-dealkylation sites (tertiary alicyclic amines) is 1. The van der Waals surface area contributed by atoms with Crippen LogP contribution in [-0.4, -0.2) is 96.9 Å². The Morgan fingerprint density at radius 2 is 1.78 bits per heavy atom. The molecule has 1 unspecified atom stereocenters. The number of aromatic nitrogens is 2. The number of nitrogens with one attached hydrogen (secondary N) is 2. The third-order valence-electron chi connectivity index (χ3n) is 11.1. The SMILES string of the molecule is CNC(=O)CCC(C=O)Nc1ccc(N2CCC(C(=O)N(C)C3CCN(Cc4c(F)cc(-c5cn(C)c(=O)c6cnccc56)cc4OC)CC3)CC2)cc1. The zero-order chi connectivity index (χ0) is 38.4. The van der Waals surface area contributed by atoms with Gasteiger partial charge in [-0.25, -0.2) is 4.39 Å². The molecular formula is C41H50FN7O5. The van der Waals surface area contributed by atoms with Crippen molar-refractivity contribution in [2.45, 2.75) is 57.2 Å². The van der Waals surface area contributed by atoms with Gasteiger partial charge in [0.1, 0.15) is 17.9 Å². The topological polar surface area (TPSA) is 129 Å². The fourth-order valence-electron chi connectivity index (χ4n) is 7.75. The van der Waals surface area contributed by atoms with E-state index in [0.717, 1.165) is 75.1 Å². The minimum absolute atomic E-state index is 0.0313. The number of anilines is 2. The van der Waals surface area contributed by atoms with E-state index in [2.05, 4.69) is 25.4 Å². The molecule has 4 heterocycles. The maximum absolute atomic E-state index is 15.8. The van der Waals surface area contributed by atoms with Crippen molar-refractivity contribution >= 4 is 40.2 Å². The Labute approximate surface area is 315 Å². The Bertz CT molecular complexity index is 2020. The second kappa shape index (κ2) is 17.2. The van der Waals surface area contributed by atoms with Crippen molar-refractivity contribution in [2.24, 2.45) is 13.0 Å². The monoisotopic (exact) mass is 739 g/mol. The van der Waals surface area contributed by atoms with Crippen LogP contribution in [0.3, 0.4) is 0 Å². The van der Waals surface area contributed by atoms with Crippen molar-refractivity contribution in [2.75, 3.05) is 57.6 Å². The quantitative estimate of drug-likeness (QED) is 0.189. The fourth-order valence-corrected chi connectivity index (χ4v) is 7.75. The number of pyridine rings is 2. The fraction of sp³-hybridized carbons (Fsp3) is 0.439. The molecule has 2 aliphatic heterocycles. The van der Waals surface area contributed by atoms with Gasteiger partial charge in [-0.05, 0) is 85.5 Å². The smallest absolute Gasteiger partial charge is 0.259 e. The van der Waals surface area contributed by atoms with Gasteiger partial charge in [0.05, 0.1) is 18.5 Å². The molecule has 2 aliphatic rings. The number of amides is 2. The van der Waals surface area contributed by atoms with E-state index in [1.807, 2.05) is 42.3 Å². The van der Waals surface area contributed by atoms with E-state index in [-0.39, 0.29) is 41.6 Å². The number of fused-ring (bicyclic) bond motifs is 1. The van der Waals surface area contributed by atoms with Gasteiger partial charge in [-0.15, -0.1) is 0 Å². The second-order valence-corrected chi connectivity index (χ2v) is 14.4. The lowest BCUT2D eigenvalue weighted by Crippen LogP contribution is -2.48. The number of aryl methyl sites for hydroxylation is 1. The summed E-state index contributed by atoms with van der Waals surface area (Å²) >= 11 is 0. The van der Waals surface area contributed by atoms with E-state index in [4.69, 9.17) is 4.74 Å². The summed E-state index contributed by atoms with van der Waals surface area (Å²) in [6.07, 6.45) is 9.56. The highest BCUT2D eigenvalue weighted by Gasteiger charge is 2.32. The summed E-state index contributed by atoms with van der Waals surface area (Å²) < 4.78 is 23.0. The predicted octanol–water partition coefficient (Wildman–Crippen LogP) is 4.59. The van der Waals surface area contributed by atoms with E-state index in [1.165, 1.54) is 16.8 Å². The molecule has 2 amide bonds. The molecule has 0 saturated carbocycles. The van der Waals surface area contributed by atoms with E-state index < -0.39 is 6.04 Å². The molecule has 2 aromatic carbocycles. The van der Waals surface area contributed by atoms with Gasteiger partial charge < -0.3 is 34.5 Å². The van der Waals surface area contributed by atoms with Crippen molar-refractivity contribution in [1.29, 1.82) is 0 Å². The summed E-state index contributed by atoms with van der Waals surface area (Å²) in [6.45, 7) is 3.41. The highest BCUT2D eigenvalue weighted by Crippen LogP contribution is 2.34. The number of hydrogen-bond acceptors (Lipinski definition) is 9. The second-order valence-electron chi connectivity index (χ2n) is 14.4. The van der Waals surface area contributed by atoms with E-state index >= 15 is 4.39 Å². The first kappa shape index (κ1) is 38.4. The van der Waals surface area contributed by atoms with Gasteiger partial charge >= 0.3 is 0 Å². The van der Waals surface area contributed by atoms with E-state index in [0.29, 0.717) is 40.6 Å². The van der Waals surface area contributed by atoms with Crippen LogP contribution in [0.25, 0.3) is 21.9 Å². The van der Waals surface area contributed by atoms with Gasteiger partial charge in [0, 0.05) is 113 Å². The minimum atomic E-state index is -0.441. The molecule has 286 valence electrons. The molecule has 4 aromatic rings. The molecule has 12 nitrogen and oxygen atoms in total. The Morgan fingerprint density at radius 1 is 1.06 bits per heavy atom. The van der Waals surface area contributed by atoms with Crippen molar-refractivity contribution in [1.82, 2.24) is 24.7 Å².